The van der Waals surface area contributed by atoms with Crippen LogP contribution in [0.5, 0.6) is 5.75 Å². The van der Waals surface area contributed by atoms with Crippen molar-refractivity contribution >= 4 is 38.5 Å². The van der Waals surface area contributed by atoms with Crippen molar-refractivity contribution in [3.05, 3.63) is 25.7 Å². The summed E-state index contributed by atoms with van der Waals surface area (Å²) in [5, 5.41) is 0. The minimum absolute atomic E-state index is 0.0646. The van der Waals surface area contributed by atoms with Crippen LogP contribution in [0.3, 0.4) is 0 Å². The highest BCUT2D eigenvalue weighted by atomic mass is 127. The quantitative estimate of drug-likeness (QED) is 0.696. The van der Waals surface area contributed by atoms with Crippen LogP contribution in [-0.4, -0.2) is 5.60 Å². The van der Waals surface area contributed by atoms with Crippen molar-refractivity contribution in [3.63, 3.8) is 0 Å². The molecule has 2 nitrogen and oxygen atoms in total. The maximum absolute atomic E-state index is 6.16. The molecule has 0 saturated carbocycles. The number of ether oxygens (including phenoxy) is 1. The van der Waals surface area contributed by atoms with E-state index in [0.29, 0.717) is 0 Å². The normalized spacial score (nSPS) is 23.1. The van der Waals surface area contributed by atoms with E-state index in [2.05, 4.69) is 58.4 Å². The van der Waals surface area contributed by atoms with Gasteiger partial charge in [-0.05, 0) is 64.5 Å². The lowest BCUT2D eigenvalue weighted by Gasteiger charge is -2.36. The Hall–Kier alpha value is 0.190. The Bertz CT molecular complexity index is 406. The van der Waals surface area contributed by atoms with E-state index < -0.39 is 0 Å². The second kappa shape index (κ2) is 3.89. The van der Waals surface area contributed by atoms with Gasteiger partial charge in [-0.25, -0.2) is 0 Å². The zero-order valence-electron chi connectivity index (χ0n) is 8.68. The van der Waals surface area contributed by atoms with E-state index in [-0.39, 0.29) is 11.6 Å². The van der Waals surface area contributed by atoms with Gasteiger partial charge >= 0.3 is 0 Å². The van der Waals surface area contributed by atoms with Crippen molar-refractivity contribution in [2.45, 2.75) is 31.9 Å². The molecule has 0 aromatic heterocycles. The zero-order valence-corrected chi connectivity index (χ0v) is 12.4. The van der Waals surface area contributed by atoms with Crippen molar-refractivity contribution in [2.24, 2.45) is 5.73 Å². The zero-order chi connectivity index (χ0) is 11.2. The van der Waals surface area contributed by atoms with E-state index in [1.54, 1.807) is 0 Å². The molecule has 0 aliphatic carbocycles. The van der Waals surface area contributed by atoms with Crippen molar-refractivity contribution in [3.8, 4) is 5.75 Å². The second-order valence-corrected chi connectivity index (χ2v) is 6.58. The molecule has 0 saturated heterocycles. The molecule has 82 valence electrons. The third-order valence-electron chi connectivity index (χ3n) is 2.53. The van der Waals surface area contributed by atoms with Crippen LogP contribution in [0.2, 0.25) is 0 Å². The molecule has 0 spiro atoms. The third kappa shape index (κ3) is 2.31. The molecule has 1 unspecified atom stereocenters. The Morgan fingerprint density at radius 2 is 2.20 bits per heavy atom. The molecule has 15 heavy (non-hydrogen) atoms. The minimum atomic E-state index is -0.179. The van der Waals surface area contributed by atoms with Gasteiger partial charge in [0.1, 0.15) is 11.4 Å². The van der Waals surface area contributed by atoms with Gasteiger partial charge < -0.3 is 10.5 Å². The van der Waals surface area contributed by atoms with Gasteiger partial charge in [0.2, 0.25) is 0 Å². The fourth-order valence-electron chi connectivity index (χ4n) is 1.92. The maximum Gasteiger partial charge on any atom is 0.139 e. The van der Waals surface area contributed by atoms with Crippen molar-refractivity contribution in [2.75, 3.05) is 0 Å². The van der Waals surface area contributed by atoms with E-state index >= 15 is 0 Å². The van der Waals surface area contributed by atoms with E-state index in [1.807, 2.05) is 6.07 Å². The van der Waals surface area contributed by atoms with Gasteiger partial charge in [-0.15, -0.1) is 0 Å². The summed E-state index contributed by atoms with van der Waals surface area (Å²) in [5.41, 5.74) is 7.08. The fraction of sp³-hybridized carbons (Fsp3) is 0.455. The van der Waals surface area contributed by atoms with E-state index in [9.17, 15) is 0 Å². The Labute approximate surface area is 112 Å². The standard InChI is InChI=1S/C11H13BrINO/c1-11(2)5-9(14)7-3-6(13)4-8(12)10(7)15-11/h3-4,9H,5,14H2,1-2H3. The van der Waals surface area contributed by atoms with Crippen LogP contribution in [0.15, 0.2) is 16.6 Å². The number of benzene rings is 1. The predicted molar refractivity (Wildman–Crippen MR) is 73.1 cm³/mol. The van der Waals surface area contributed by atoms with Crippen LogP contribution < -0.4 is 10.5 Å². The Kier molecular flexibility index (Phi) is 3.03. The van der Waals surface area contributed by atoms with Crippen LogP contribution >= 0.6 is 38.5 Å². The Balaban J connectivity index is 2.55. The van der Waals surface area contributed by atoms with Gasteiger partial charge in [-0.2, -0.15) is 0 Å². The molecule has 2 N–H and O–H groups in total. The minimum Gasteiger partial charge on any atom is -0.486 e. The highest BCUT2D eigenvalue weighted by Crippen LogP contribution is 2.43. The molecule has 1 aromatic carbocycles. The first-order valence-electron chi connectivity index (χ1n) is 4.82. The molecule has 0 amide bonds. The van der Waals surface area contributed by atoms with Gasteiger partial charge in [0.05, 0.1) is 4.47 Å². The van der Waals surface area contributed by atoms with Crippen molar-refractivity contribution < 1.29 is 4.74 Å². The summed E-state index contributed by atoms with van der Waals surface area (Å²) >= 11 is 5.82. The third-order valence-corrected chi connectivity index (χ3v) is 3.74. The molecular formula is C11H13BrINO. The predicted octanol–water partition coefficient (Wildman–Crippen LogP) is 3.61. The average Bonchev–Trinajstić information content (AvgIpc) is 2.06. The number of nitrogens with two attached hydrogens (primary N) is 1. The smallest absolute Gasteiger partial charge is 0.139 e. The van der Waals surface area contributed by atoms with Crippen LogP contribution in [0.4, 0.5) is 0 Å². The van der Waals surface area contributed by atoms with Crippen LogP contribution in [0.1, 0.15) is 31.9 Å². The van der Waals surface area contributed by atoms with E-state index in [1.165, 1.54) is 3.57 Å². The number of hydrogen-bond acceptors (Lipinski definition) is 2. The van der Waals surface area contributed by atoms with Gasteiger partial charge in [0.15, 0.2) is 0 Å². The summed E-state index contributed by atoms with van der Waals surface area (Å²) < 4.78 is 8.12. The number of hydrogen-bond donors (Lipinski definition) is 1. The number of halogens is 2. The maximum atomic E-state index is 6.16. The molecule has 1 aromatic rings. The lowest BCUT2D eigenvalue weighted by molar-refractivity contribution is 0.0718. The molecular weight excluding hydrogens is 369 g/mol. The van der Waals surface area contributed by atoms with Crippen molar-refractivity contribution in [1.82, 2.24) is 0 Å². The SMILES string of the molecule is CC1(C)CC(N)c2cc(I)cc(Br)c2O1. The lowest BCUT2D eigenvalue weighted by Crippen LogP contribution is -2.37. The highest BCUT2D eigenvalue weighted by Gasteiger charge is 2.33. The Morgan fingerprint density at radius 1 is 1.53 bits per heavy atom. The molecule has 1 heterocycles. The number of fused-ring (bicyclic) bond motifs is 1. The fourth-order valence-corrected chi connectivity index (χ4v) is 3.55. The number of rotatable bonds is 0. The molecule has 2 rings (SSSR count). The van der Waals surface area contributed by atoms with Gasteiger partial charge in [-0.1, -0.05) is 0 Å². The molecule has 4 heteroatoms. The van der Waals surface area contributed by atoms with Crippen LogP contribution in [-0.2, 0) is 0 Å². The molecule has 1 aliphatic rings. The monoisotopic (exact) mass is 381 g/mol. The largest absolute Gasteiger partial charge is 0.486 e. The molecule has 1 atom stereocenters. The second-order valence-electron chi connectivity index (χ2n) is 4.48. The van der Waals surface area contributed by atoms with Gasteiger partial charge in [-0.3, -0.25) is 0 Å². The van der Waals surface area contributed by atoms with Crippen molar-refractivity contribution in [1.29, 1.82) is 0 Å². The first kappa shape index (κ1) is 11.7. The van der Waals surface area contributed by atoms with Crippen LogP contribution in [0.25, 0.3) is 0 Å². The van der Waals surface area contributed by atoms with Gasteiger partial charge in [0, 0.05) is 21.6 Å². The van der Waals surface area contributed by atoms with Gasteiger partial charge in [0.25, 0.3) is 0 Å². The molecule has 1 aliphatic heterocycles. The topological polar surface area (TPSA) is 35.2 Å². The first-order chi connectivity index (χ1) is 6.89. The Morgan fingerprint density at radius 3 is 2.87 bits per heavy atom. The van der Waals surface area contributed by atoms with Crippen LogP contribution in [0, 0.1) is 3.57 Å². The van der Waals surface area contributed by atoms with E-state index in [4.69, 9.17) is 10.5 Å². The summed E-state index contributed by atoms with van der Waals surface area (Å²) in [7, 11) is 0. The summed E-state index contributed by atoms with van der Waals surface area (Å²) in [6.45, 7) is 4.14. The summed E-state index contributed by atoms with van der Waals surface area (Å²) in [5.74, 6) is 0.902. The molecule has 0 bridgehead atoms. The molecule has 0 fully saturated rings. The summed E-state index contributed by atoms with van der Waals surface area (Å²) in [6, 6.07) is 4.21. The highest BCUT2D eigenvalue weighted by molar-refractivity contribution is 14.1. The first-order valence-corrected chi connectivity index (χ1v) is 6.70. The average molecular weight is 382 g/mol. The lowest BCUT2D eigenvalue weighted by atomic mass is 9.90. The summed E-state index contributed by atoms with van der Waals surface area (Å²) in [4.78, 5) is 0. The molecule has 0 radical (unpaired) electrons. The summed E-state index contributed by atoms with van der Waals surface area (Å²) in [6.07, 6.45) is 0.854. The van der Waals surface area contributed by atoms with E-state index in [0.717, 1.165) is 22.2 Å².